The highest BCUT2D eigenvalue weighted by molar-refractivity contribution is 5.99. The number of hydrogen-bond donors (Lipinski definition) is 2. The van der Waals surface area contributed by atoms with Gasteiger partial charge in [0, 0.05) is 28.7 Å². The first-order valence-electron chi connectivity index (χ1n) is 5.60. The summed E-state index contributed by atoms with van der Waals surface area (Å²) >= 11 is 0. The van der Waals surface area contributed by atoms with E-state index in [9.17, 15) is 13.6 Å². The van der Waals surface area contributed by atoms with Crippen LogP contribution in [0.15, 0.2) is 36.4 Å². The Labute approximate surface area is 109 Å². The van der Waals surface area contributed by atoms with Crippen LogP contribution in [0.5, 0.6) is 0 Å². The molecule has 0 aliphatic carbocycles. The zero-order chi connectivity index (χ0) is 14.0. The van der Waals surface area contributed by atoms with E-state index in [1.54, 1.807) is 18.2 Å². The number of nitrogens with two attached hydrogens (primary N) is 1. The molecule has 0 unspecified atom stereocenters. The third-order valence-corrected chi connectivity index (χ3v) is 2.64. The summed E-state index contributed by atoms with van der Waals surface area (Å²) in [4.78, 5) is 11.2. The Morgan fingerprint density at radius 2 is 1.68 bits per heavy atom. The molecule has 0 fully saturated rings. The molecule has 0 atom stereocenters. The van der Waals surface area contributed by atoms with E-state index in [1.807, 2.05) is 0 Å². The monoisotopic (exact) mass is 262 g/mol. The van der Waals surface area contributed by atoms with Crippen LogP contribution in [0.4, 0.5) is 25.8 Å². The van der Waals surface area contributed by atoms with Crippen LogP contribution in [0.25, 0.3) is 0 Å². The highest BCUT2D eigenvalue weighted by Crippen LogP contribution is 2.23. The second-order valence-corrected chi connectivity index (χ2v) is 4.11. The summed E-state index contributed by atoms with van der Waals surface area (Å²) in [5.74, 6) is -1.97. The molecule has 3 N–H and O–H groups in total. The van der Waals surface area contributed by atoms with Crippen molar-refractivity contribution < 1.29 is 13.6 Å². The Kier molecular flexibility index (Phi) is 3.46. The lowest BCUT2D eigenvalue weighted by atomic mass is 10.1. The van der Waals surface area contributed by atoms with Crippen LogP contribution in [0.3, 0.4) is 0 Å². The van der Waals surface area contributed by atoms with E-state index < -0.39 is 11.6 Å². The van der Waals surface area contributed by atoms with Gasteiger partial charge in [-0.2, -0.15) is 0 Å². The van der Waals surface area contributed by atoms with Gasteiger partial charge in [-0.25, -0.2) is 8.78 Å². The van der Waals surface area contributed by atoms with Gasteiger partial charge in [0.15, 0.2) is 17.4 Å². The van der Waals surface area contributed by atoms with Crippen LogP contribution in [-0.4, -0.2) is 5.78 Å². The van der Waals surface area contributed by atoms with E-state index in [-0.39, 0.29) is 5.78 Å². The summed E-state index contributed by atoms with van der Waals surface area (Å²) in [6.45, 7) is 1.42. The minimum atomic E-state index is -0.932. The van der Waals surface area contributed by atoms with Crippen LogP contribution in [-0.2, 0) is 0 Å². The highest BCUT2D eigenvalue weighted by atomic mass is 19.2. The fraction of sp³-hybridized carbons (Fsp3) is 0.0714. The first kappa shape index (κ1) is 13.0. The van der Waals surface area contributed by atoms with Gasteiger partial charge in [0.05, 0.1) is 0 Å². The maximum absolute atomic E-state index is 13.0. The molecule has 0 spiro atoms. The number of halogens is 2. The first-order chi connectivity index (χ1) is 8.97. The number of carbonyl (C=O) groups excluding carboxylic acids is 1. The van der Waals surface area contributed by atoms with Gasteiger partial charge < -0.3 is 11.1 Å². The van der Waals surface area contributed by atoms with E-state index in [4.69, 9.17) is 5.73 Å². The molecule has 0 radical (unpaired) electrons. The number of hydrogen-bond acceptors (Lipinski definition) is 3. The molecule has 5 heteroatoms. The minimum Gasteiger partial charge on any atom is -0.398 e. The third-order valence-electron chi connectivity index (χ3n) is 2.64. The standard InChI is InChI=1S/C14H12F2N2O/c1-8(19)11-4-2-10(7-14(11)17)18-9-3-5-12(15)13(16)6-9/h2-7,18H,17H2,1H3. The summed E-state index contributed by atoms with van der Waals surface area (Å²) in [5, 5.41) is 2.88. The molecule has 0 heterocycles. The van der Waals surface area contributed by atoms with Crippen molar-refractivity contribution in [3.8, 4) is 0 Å². The van der Waals surface area contributed by atoms with Crippen molar-refractivity contribution in [3.63, 3.8) is 0 Å². The molecule has 0 bridgehead atoms. The summed E-state index contributed by atoms with van der Waals surface area (Å²) in [6, 6.07) is 8.29. The molecule has 19 heavy (non-hydrogen) atoms. The lowest BCUT2D eigenvalue weighted by Crippen LogP contribution is -2.01. The predicted octanol–water partition coefficient (Wildman–Crippen LogP) is 3.49. The van der Waals surface area contributed by atoms with Crippen LogP contribution in [0.2, 0.25) is 0 Å². The average molecular weight is 262 g/mol. The number of nitrogens with one attached hydrogen (secondary N) is 1. The summed E-state index contributed by atoms with van der Waals surface area (Å²) < 4.78 is 25.8. The average Bonchev–Trinajstić information content (AvgIpc) is 2.33. The van der Waals surface area contributed by atoms with Gasteiger partial charge in [-0.15, -0.1) is 0 Å². The van der Waals surface area contributed by atoms with Gasteiger partial charge in [0.25, 0.3) is 0 Å². The molecular weight excluding hydrogens is 250 g/mol. The van der Waals surface area contributed by atoms with Gasteiger partial charge in [0.2, 0.25) is 0 Å². The Morgan fingerprint density at radius 3 is 2.26 bits per heavy atom. The van der Waals surface area contributed by atoms with Crippen LogP contribution in [0.1, 0.15) is 17.3 Å². The van der Waals surface area contributed by atoms with E-state index in [1.165, 1.54) is 13.0 Å². The Bertz CT molecular complexity index is 641. The number of anilines is 3. The second-order valence-electron chi connectivity index (χ2n) is 4.11. The molecule has 0 aromatic heterocycles. The zero-order valence-electron chi connectivity index (χ0n) is 10.2. The maximum Gasteiger partial charge on any atom is 0.161 e. The van der Waals surface area contributed by atoms with Crippen molar-refractivity contribution in [1.29, 1.82) is 0 Å². The lowest BCUT2D eigenvalue weighted by molar-refractivity contribution is 0.101. The second kappa shape index (κ2) is 5.06. The molecule has 0 aliphatic heterocycles. The number of nitrogen functional groups attached to an aromatic ring is 1. The number of benzene rings is 2. The van der Waals surface area contributed by atoms with E-state index in [0.717, 1.165) is 12.1 Å². The molecule has 98 valence electrons. The van der Waals surface area contributed by atoms with Crippen LogP contribution < -0.4 is 11.1 Å². The van der Waals surface area contributed by atoms with Crippen molar-refractivity contribution in [2.75, 3.05) is 11.1 Å². The number of carbonyl (C=O) groups is 1. The number of rotatable bonds is 3. The van der Waals surface area contributed by atoms with Gasteiger partial charge >= 0.3 is 0 Å². The summed E-state index contributed by atoms with van der Waals surface area (Å²) in [6.07, 6.45) is 0. The van der Waals surface area contributed by atoms with E-state index in [0.29, 0.717) is 22.6 Å². The van der Waals surface area contributed by atoms with Gasteiger partial charge in [0.1, 0.15) is 0 Å². The SMILES string of the molecule is CC(=O)c1ccc(Nc2ccc(F)c(F)c2)cc1N. The smallest absolute Gasteiger partial charge is 0.161 e. The third kappa shape index (κ3) is 2.88. The molecule has 0 aliphatic rings. The van der Waals surface area contributed by atoms with Crippen molar-refractivity contribution in [2.24, 2.45) is 0 Å². The lowest BCUT2D eigenvalue weighted by Gasteiger charge is -2.09. The van der Waals surface area contributed by atoms with Crippen molar-refractivity contribution in [3.05, 3.63) is 53.6 Å². The fourth-order valence-electron chi connectivity index (χ4n) is 1.70. The number of Topliss-reactive ketones (excluding diaryl/α,β-unsaturated/α-hetero) is 1. The molecule has 0 saturated heterocycles. The molecule has 0 saturated carbocycles. The minimum absolute atomic E-state index is 0.128. The van der Waals surface area contributed by atoms with Gasteiger partial charge in [-0.3, -0.25) is 4.79 Å². The summed E-state index contributed by atoms with van der Waals surface area (Å²) in [5.41, 5.74) is 7.48. The molecule has 2 aromatic carbocycles. The molecule has 0 amide bonds. The first-order valence-corrected chi connectivity index (χ1v) is 5.60. The quantitative estimate of drug-likeness (QED) is 0.657. The van der Waals surface area contributed by atoms with Crippen molar-refractivity contribution >= 4 is 22.8 Å². The molecule has 2 rings (SSSR count). The fourth-order valence-corrected chi connectivity index (χ4v) is 1.70. The van der Waals surface area contributed by atoms with Crippen LogP contribution in [0, 0.1) is 11.6 Å². The molecular formula is C14H12F2N2O. The molecule has 3 nitrogen and oxygen atoms in total. The highest BCUT2D eigenvalue weighted by Gasteiger charge is 2.06. The van der Waals surface area contributed by atoms with Crippen molar-refractivity contribution in [1.82, 2.24) is 0 Å². The Hall–Kier alpha value is -2.43. The van der Waals surface area contributed by atoms with Crippen molar-refractivity contribution in [2.45, 2.75) is 6.92 Å². The Morgan fingerprint density at radius 1 is 1.05 bits per heavy atom. The van der Waals surface area contributed by atoms with Gasteiger partial charge in [-0.05, 0) is 37.3 Å². The van der Waals surface area contributed by atoms with E-state index >= 15 is 0 Å². The largest absolute Gasteiger partial charge is 0.398 e. The molecule has 2 aromatic rings. The summed E-state index contributed by atoms with van der Waals surface area (Å²) in [7, 11) is 0. The van der Waals surface area contributed by atoms with Crippen LogP contribution >= 0.6 is 0 Å². The predicted molar refractivity (Wildman–Crippen MR) is 70.5 cm³/mol. The maximum atomic E-state index is 13.0. The topological polar surface area (TPSA) is 55.1 Å². The normalized spacial score (nSPS) is 10.3. The van der Waals surface area contributed by atoms with Gasteiger partial charge in [-0.1, -0.05) is 0 Å². The Balaban J connectivity index is 2.26. The number of ketones is 1. The van der Waals surface area contributed by atoms with E-state index in [2.05, 4.69) is 5.32 Å². The zero-order valence-corrected chi connectivity index (χ0v) is 10.2.